The van der Waals surface area contributed by atoms with Crippen LogP contribution < -0.4 is 9.64 Å². The van der Waals surface area contributed by atoms with Gasteiger partial charge < -0.3 is 19.8 Å². The molecule has 5 nitrogen and oxygen atoms in total. The topological polar surface area (TPSA) is 65.8 Å². The molecule has 5 heteroatoms. The third kappa shape index (κ3) is 3.40. The molecule has 1 aromatic heterocycles. The van der Waals surface area contributed by atoms with Crippen LogP contribution in [-0.2, 0) is 0 Å². The molecule has 0 radical (unpaired) electrons. The molecule has 0 saturated carbocycles. The van der Waals surface area contributed by atoms with Gasteiger partial charge in [0.05, 0.1) is 12.1 Å². The van der Waals surface area contributed by atoms with E-state index in [1.54, 1.807) is 18.5 Å². The summed E-state index contributed by atoms with van der Waals surface area (Å²) >= 11 is 0. The Morgan fingerprint density at radius 3 is 2.92 bits per heavy atom. The number of pyridine rings is 1. The van der Waals surface area contributed by atoms with E-state index < -0.39 is 12.2 Å². The van der Waals surface area contributed by atoms with E-state index in [4.69, 9.17) is 4.74 Å². The number of ether oxygens (including phenoxy) is 1. The average Bonchev–Trinajstić information content (AvgIpc) is 2.68. The van der Waals surface area contributed by atoms with Crippen molar-refractivity contribution in [1.29, 1.82) is 0 Å². The largest absolute Gasteiger partial charge is 0.491 e. The van der Waals surface area contributed by atoms with Crippen LogP contribution in [0, 0.1) is 0 Å². The molecule has 1 aliphatic rings. The Hall–Kier alpha value is -2.89. The van der Waals surface area contributed by atoms with Gasteiger partial charge in [-0.05, 0) is 30.3 Å². The maximum atomic E-state index is 10.4. The lowest BCUT2D eigenvalue weighted by molar-refractivity contribution is 0.113. The zero-order chi connectivity index (χ0) is 17.9. The van der Waals surface area contributed by atoms with Gasteiger partial charge in [0.25, 0.3) is 0 Å². The molecule has 1 aliphatic heterocycles. The number of aliphatic hydroxyl groups excluding tert-OH is 2. The SMILES string of the molecule is OC1C=CN(C[C@H](O)COc2ccc3cccnc3c2)c2ccccc21. The van der Waals surface area contributed by atoms with E-state index in [-0.39, 0.29) is 6.61 Å². The molecular formula is C21H20N2O3. The Bertz CT molecular complexity index is 941. The molecule has 2 heterocycles. The Balaban J connectivity index is 1.41. The first kappa shape index (κ1) is 16.6. The fourth-order valence-electron chi connectivity index (χ4n) is 3.14. The molecule has 3 aromatic rings. The molecule has 2 aromatic carbocycles. The minimum atomic E-state index is -0.678. The fraction of sp³-hybridized carbons (Fsp3) is 0.190. The Morgan fingerprint density at radius 2 is 2.00 bits per heavy atom. The van der Waals surface area contributed by atoms with Crippen molar-refractivity contribution in [3.8, 4) is 5.75 Å². The summed E-state index contributed by atoms with van der Waals surface area (Å²) in [4.78, 5) is 6.24. The highest BCUT2D eigenvalue weighted by atomic mass is 16.5. The third-order valence-corrected chi connectivity index (χ3v) is 4.44. The van der Waals surface area contributed by atoms with Crippen molar-refractivity contribution in [1.82, 2.24) is 4.98 Å². The van der Waals surface area contributed by atoms with Gasteiger partial charge in [0.2, 0.25) is 0 Å². The molecule has 0 amide bonds. The van der Waals surface area contributed by atoms with Gasteiger partial charge in [0.15, 0.2) is 0 Å². The summed E-state index contributed by atoms with van der Waals surface area (Å²) in [5, 5.41) is 21.5. The van der Waals surface area contributed by atoms with E-state index >= 15 is 0 Å². The Morgan fingerprint density at radius 1 is 1.12 bits per heavy atom. The molecule has 0 bridgehead atoms. The highest BCUT2D eigenvalue weighted by Crippen LogP contribution is 2.31. The molecule has 1 unspecified atom stereocenters. The summed E-state index contributed by atoms with van der Waals surface area (Å²) in [7, 11) is 0. The number of aromatic nitrogens is 1. The smallest absolute Gasteiger partial charge is 0.121 e. The minimum Gasteiger partial charge on any atom is -0.491 e. The molecule has 0 spiro atoms. The molecule has 0 fully saturated rings. The number of benzene rings is 2. The van der Waals surface area contributed by atoms with Gasteiger partial charge in [0, 0.05) is 35.1 Å². The van der Waals surface area contributed by atoms with E-state index in [9.17, 15) is 10.2 Å². The summed E-state index contributed by atoms with van der Waals surface area (Å²) in [6, 6.07) is 17.2. The van der Waals surface area contributed by atoms with Crippen molar-refractivity contribution < 1.29 is 14.9 Å². The number of anilines is 1. The van der Waals surface area contributed by atoms with Crippen LogP contribution in [0.5, 0.6) is 5.75 Å². The molecular weight excluding hydrogens is 328 g/mol. The average molecular weight is 348 g/mol. The Kier molecular flexibility index (Phi) is 4.56. The number of β-amino-alcohol motifs (C(OH)–C–C–N with tert-alkyl or cyclic N) is 1. The number of rotatable bonds is 5. The van der Waals surface area contributed by atoms with Crippen LogP contribution in [0.2, 0.25) is 0 Å². The first-order valence-electron chi connectivity index (χ1n) is 8.58. The van der Waals surface area contributed by atoms with Crippen molar-refractivity contribution in [3.05, 3.63) is 78.6 Å². The molecule has 0 aliphatic carbocycles. The number of hydrogen-bond acceptors (Lipinski definition) is 5. The van der Waals surface area contributed by atoms with Crippen LogP contribution >= 0.6 is 0 Å². The number of nitrogens with zero attached hydrogens (tertiary/aromatic N) is 2. The molecule has 4 rings (SSSR count). The predicted molar refractivity (Wildman–Crippen MR) is 101 cm³/mol. The zero-order valence-electron chi connectivity index (χ0n) is 14.2. The molecule has 2 N–H and O–H groups in total. The third-order valence-electron chi connectivity index (χ3n) is 4.44. The second-order valence-electron chi connectivity index (χ2n) is 6.32. The van der Waals surface area contributed by atoms with E-state index in [0.29, 0.717) is 12.3 Å². The lowest BCUT2D eigenvalue weighted by Gasteiger charge is -2.30. The number of para-hydroxylation sites is 1. The van der Waals surface area contributed by atoms with E-state index in [0.717, 1.165) is 22.2 Å². The van der Waals surface area contributed by atoms with Crippen LogP contribution in [0.3, 0.4) is 0 Å². The minimum absolute atomic E-state index is 0.174. The normalized spacial score (nSPS) is 17.2. The van der Waals surface area contributed by atoms with Gasteiger partial charge >= 0.3 is 0 Å². The van der Waals surface area contributed by atoms with Gasteiger partial charge in [-0.2, -0.15) is 0 Å². The molecule has 26 heavy (non-hydrogen) atoms. The quantitative estimate of drug-likeness (QED) is 0.742. The first-order chi connectivity index (χ1) is 12.7. The van der Waals surface area contributed by atoms with Crippen LogP contribution in [0.4, 0.5) is 5.69 Å². The fourth-order valence-corrected chi connectivity index (χ4v) is 3.14. The van der Waals surface area contributed by atoms with Crippen molar-refractivity contribution in [2.75, 3.05) is 18.1 Å². The maximum absolute atomic E-state index is 10.4. The van der Waals surface area contributed by atoms with E-state index in [2.05, 4.69) is 4.98 Å². The summed E-state index contributed by atoms with van der Waals surface area (Å²) in [6.45, 7) is 0.555. The second kappa shape index (κ2) is 7.15. The van der Waals surface area contributed by atoms with Crippen molar-refractivity contribution >= 4 is 16.6 Å². The number of hydrogen-bond donors (Lipinski definition) is 2. The highest BCUT2D eigenvalue weighted by Gasteiger charge is 2.20. The van der Waals surface area contributed by atoms with Gasteiger partial charge in [-0.1, -0.05) is 24.3 Å². The lowest BCUT2D eigenvalue weighted by atomic mass is 10.0. The second-order valence-corrected chi connectivity index (χ2v) is 6.32. The number of fused-ring (bicyclic) bond motifs is 2. The Labute approximate surface area is 151 Å². The van der Waals surface area contributed by atoms with Crippen LogP contribution in [-0.4, -0.2) is 34.5 Å². The van der Waals surface area contributed by atoms with Crippen molar-refractivity contribution in [2.45, 2.75) is 12.2 Å². The lowest BCUT2D eigenvalue weighted by Crippen LogP contribution is -2.34. The monoisotopic (exact) mass is 348 g/mol. The summed E-state index contributed by atoms with van der Waals surface area (Å²) < 4.78 is 5.74. The van der Waals surface area contributed by atoms with Crippen molar-refractivity contribution in [2.24, 2.45) is 0 Å². The maximum Gasteiger partial charge on any atom is 0.121 e. The molecule has 0 saturated heterocycles. The van der Waals surface area contributed by atoms with Crippen LogP contribution in [0.25, 0.3) is 10.9 Å². The summed E-state index contributed by atoms with van der Waals surface area (Å²) in [6.07, 6.45) is 3.97. The molecule has 132 valence electrons. The van der Waals surface area contributed by atoms with Crippen LogP contribution in [0.15, 0.2) is 73.1 Å². The first-order valence-corrected chi connectivity index (χ1v) is 8.58. The zero-order valence-corrected chi connectivity index (χ0v) is 14.2. The predicted octanol–water partition coefficient (Wildman–Crippen LogP) is 3.04. The van der Waals surface area contributed by atoms with E-state index in [1.807, 2.05) is 59.5 Å². The standard InChI is InChI=1S/C21H20N2O3/c24-16(13-23-11-9-21(25)18-5-1-2-6-20(18)23)14-26-17-8-7-15-4-3-10-22-19(15)12-17/h1-12,16,21,24-25H,13-14H2/t16-,21?/m0/s1. The summed E-state index contributed by atoms with van der Waals surface area (Å²) in [5.41, 5.74) is 2.60. The van der Waals surface area contributed by atoms with Gasteiger partial charge in [-0.15, -0.1) is 0 Å². The number of aliphatic hydroxyl groups is 2. The highest BCUT2D eigenvalue weighted by molar-refractivity contribution is 5.79. The van der Waals surface area contributed by atoms with Gasteiger partial charge in [-0.3, -0.25) is 4.98 Å². The summed E-state index contributed by atoms with van der Waals surface area (Å²) in [5.74, 6) is 0.681. The van der Waals surface area contributed by atoms with Gasteiger partial charge in [-0.25, -0.2) is 0 Å². The molecule has 2 atom stereocenters. The van der Waals surface area contributed by atoms with Crippen LogP contribution in [0.1, 0.15) is 11.7 Å². The van der Waals surface area contributed by atoms with Gasteiger partial charge in [0.1, 0.15) is 24.6 Å². The van der Waals surface area contributed by atoms with E-state index in [1.165, 1.54) is 0 Å². The van der Waals surface area contributed by atoms with Crippen molar-refractivity contribution in [3.63, 3.8) is 0 Å².